The van der Waals surface area contributed by atoms with Crippen molar-refractivity contribution < 1.29 is 0 Å². The van der Waals surface area contributed by atoms with E-state index in [1.807, 2.05) is 73.1 Å². The number of rotatable bonds is 5. The Labute approximate surface area is 297 Å². The third-order valence-electron chi connectivity index (χ3n) is 10.4. The first-order chi connectivity index (χ1) is 25.2. The molecule has 8 aromatic rings. The largest absolute Gasteiger partial charge is 0.264 e. The van der Waals surface area contributed by atoms with Gasteiger partial charge in [0.1, 0.15) is 0 Å². The summed E-state index contributed by atoms with van der Waals surface area (Å²) in [5.74, 6) is 2.38. The van der Waals surface area contributed by atoms with Crippen LogP contribution in [0.4, 0.5) is 0 Å². The molecule has 0 amide bonds. The Bertz CT molecular complexity index is 2540. The van der Waals surface area contributed by atoms with Crippen LogP contribution in [0, 0.1) is 6.92 Å². The van der Waals surface area contributed by atoms with Crippen molar-refractivity contribution in [1.82, 2.24) is 19.9 Å². The third kappa shape index (κ3) is 4.99. The maximum absolute atomic E-state index is 4.93. The molecule has 6 aromatic carbocycles. The lowest BCUT2D eigenvalue weighted by Gasteiger charge is -2.42. The van der Waals surface area contributed by atoms with Crippen molar-refractivity contribution in [3.05, 3.63) is 203 Å². The molecule has 0 saturated heterocycles. The highest BCUT2D eigenvalue weighted by molar-refractivity contribution is 5.77. The van der Waals surface area contributed by atoms with Gasteiger partial charge in [0.25, 0.3) is 0 Å². The van der Waals surface area contributed by atoms with Gasteiger partial charge in [-0.25, -0.2) is 15.0 Å². The number of pyridine rings is 1. The monoisotopic (exact) mass is 652 g/mol. The van der Waals surface area contributed by atoms with E-state index in [9.17, 15) is 0 Å². The molecule has 3 aliphatic rings. The molecule has 2 bridgehead atoms. The molecule has 2 aromatic heterocycles. The van der Waals surface area contributed by atoms with Crippen LogP contribution in [-0.2, 0) is 0 Å². The molecule has 4 nitrogen and oxygen atoms in total. The molecule has 240 valence electrons. The van der Waals surface area contributed by atoms with Crippen LogP contribution >= 0.6 is 0 Å². The second-order valence-corrected chi connectivity index (χ2v) is 13.5. The van der Waals surface area contributed by atoms with Gasteiger partial charge in [-0.3, -0.25) is 4.98 Å². The van der Waals surface area contributed by atoms with Gasteiger partial charge < -0.3 is 0 Å². The van der Waals surface area contributed by atoms with E-state index in [2.05, 4.69) is 103 Å². The second-order valence-electron chi connectivity index (χ2n) is 13.5. The van der Waals surface area contributed by atoms with Crippen LogP contribution in [0.5, 0.6) is 0 Å². The minimum Gasteiger partial charge on any atom is -0.264 e. The first-order valence-electron chi connectivity index (χ1n) is 17.4. The summed E-state index contributed by atoms with van der Waals surface area (Å²) in [4.78, 5) is 19.2. The fraction of sp³-hybridized carbons (Fsp3) is 0.0638. The summed E-state index contributed by atoms with van der Waals surface area (Å²) in [5, 5.41) is 0. The fourth-order valence-electron chi connectivity index (χ4n) is 8.04. The second kappa shape index (κ2) is 11.8. The molecular weight excluding hydrogens is 621 g/mol. The summed E-state index contributed by atoms with van der Waals surface area (Å²) in [5.41, 5.74) is 17.3. The van der Waals surface area contributed by atoms with E-state index in [1.54, 1.807) is 0 Å². The molecule has 0 spiro atoms. The van der Waals surface area contributed by atoms with Crippen LogP contribution in [0.1, 0.15) is 50.8 Å². The highest BCUT2D eigenvalue weighted by Crippen LogP contribution is 2.56. The number of hydrogen-bond acceptors (Lipinski definition) is 4. The van der Waals surface area contributed by atoms with Gasteiger partial charge in [-0.2, -0.15) is 0 Å². The summed E-state index contributed by atoms with van der Waals surface area (Å²) in [6.45, 7) is 2.10. The number of benzene rings is 6. The van der Waals surface area contributed by atoms with E-state index < -0.39 is 0 Å². The van der Waals surface area contributed by atoms with Gasteiger partial charge in [-0.15, -0.1) is 0 Å². The van der Waals surface area contributed by atoms with Crippen LogP contribution in [0.25, 0.3) is 56.4 Å². The first kappa shape index (κ1) is 29.4. The normalized spacial score (nSPS) is 15.2. The molecule has 51 heavy (non-hydrogen) atoms. The van der Waals surface area contributed by atoms with Crippen molar-refractivity contribution in [2.45, 2.75) is 18.8 Å². The quantitative estimate of drug-likeness (QED) is 0.186. The summed E-state index contributed by atoms with van der Waals surface area (Å²) >= 11 is 0. The molecular formula is C47H32N4. The summed E-state index contributed by atoms with van der Waals surface area (Å²) in [6.07, 6.45) is 3.89. The van der Waals surface area contributed by atoms with Gasteiger partial charge in [0, 0.05) is 46.5 Å². The van der Waals surface area contributed by atoms with Gasteiger partial charge in [0.2, 0.25) is 0 Å². The molecule has 0 saturated carbocycles. The third-order valence-corrected chi connectivity index (χ3v) is 10.4. The zero-order valence-electron chi connectivity index (χ0n) is 28.0. The topological polar surface area (TPSA) is 51.6 Å². The summed E-state index contributed by atoms with van der Waals surface area (Å²) in [6, 6.07) is 54.2. The van der Waals surface area contributed by atoms with E-state index in [1.165, 1.54) is 55.6 Å². The first-order valence-corrected chi connectivity index (χ1v) is 17.4. The summed E-state index contributed by atoms with van der Waals surface area (Å²) in [7, 11) is 0. The smallest absolute Gasteiger partial charge is 0.164 e. The predicted molar refractivity (Wildman–Crippen MR) is 204 cm³/mol. The molecule has 0 radical (unpaired) electrons. The maximum Gasteiger partial charge on any atom is 0.164 e. The van der Waals surface area contributed by atoms with E-state index in [-0.39, 0.29) is 11.8 Å². The Hall–Kier alpha value is -6.52. The number of hydrogen-bond donors (Lipinski definition) is 0. The Morgan fingerprint density at radius 3 is 1.25 bits per heavy atom. The van der Waals surface area contributed by atoms with Gasteiger partial charge in [0.15, 0.2) is 17.5 Å². The van der Waals surface area contributed by atoms with Gasteiger partial charge in [0.05, 0.1) is 0 Å². The predicted octanol–water partition coefficient (Wildman–Crippen LogP) is 10.9. The Balaban J connectivity index is 1.03. The average Bonchev–Trinajstić information content (AvgIpc) is 3.21. The average molecular weight is 653 g/mol. The molecule has 0 aliphatic heterocycles. The van der Waals surface area contributed by atoms with Gasteiger partial charge in [-0.1, -0.05) is 133 Å². The van der Waals surface area contributed by atoms with E-state index in [0.717, 1.165) is 22.3 Å². The Morgan fingerprint density at radius 2 is 0.745 bits per heavy atom. The van der Waals surface area contributed by atoms with Gasteiger partial charge >= 0.3 is 0 Å². The van der Waals surface area contributed by atoms with Crippen LogP contribution in [-0.4, -0.2) is 19.9 Å². The maximum atomic E-state index is 4.93. The van der Waals surface area contributed by atoms with Crippen LogP contribution in [0.15, 0.2) is 164 Å². The lowest BCUT2D eigenvalue weighted by atomic mass is 9.60. The zero-order chi connectivity index (χ0) is 33.9. The lowest BCUT2D eigenvalue weighted by molar-refractivity contribution is 0.755. The molecule has 11 rings (SSSR count). The SMILES string of the molecule is Cc1cncc(-c2ccc3c(c2)C2c4ccccc4C3c3cc(-c4ccc(-c5nc(-c6ccccc6)nc(-c6ccccc6)n5)cc4)ccc32)c1. The van der Waals surface area contributed by atoms with Crippen molar-refractivity contribution in [1.29, 1.82) is 0 Å². The number of aromatic nitrogens is 4. The molecule has 0 N–H and O–H groups in total. The minimum atomic E-state index is 0.193. The highest BCUT2D eigenvalue weighted by Gasteiger charge is 2.41. The van der Waals surface area contributed by atoms with E-state index in [0.29, 0.717) is 17.5 Å². The van der Waals surface area contributed by atoms with Crippen molar-refractivity contribution in [3.63, 3.8) is 0 Å². The van der Waals surface area contributed by atoms with Crippen molar-refractivity contribution in [2.24, 2.45) is 0 Å². The summed E-state index contributed by atoms with van der Waals surface area (Å²) < 4.78 is 0. The molecule has 2 unspecified atom stereocenters. The number of nitrogens with zero attached hydrogens (tertiary/aromatic N) is 4. The standard InChI is InChI=1S/C47H32N4/c1-29-24-36(28-48-27-29)35-21-23-40-42(26-35)44-38-15-9-8-14-37(38)43(40)41-25-34(20-22-39(41)44)30-16-18-33(19-17-30)47-50-45(31-10-4-2-5-11-31)49-46(51-47)32-12-6-3-7-13-32/h2-28,43-44H,1H3. The van der Waals surface area contributed by atoms with E-state index >= 15 is 0 Å². The molecule has 0 fully saturated rings. The lowest BCUT2D eigenvalue weighted by Crippen LogP contribution is -2.27. The fourth-order valence-corrected chi connectivity index (χ4v) is 8.04. The minimum absolute atomic E-state index is 0.193. The molecule has 2 atom stereocenters. The number of aryl methyl sites for hydroxylation is 1. The molecule has 2 heterocycles. The van der Waals surface area contributed by atoms with Crippen molar-refractivity contribution in [2.75, 3.05) is 0 Å². The van der Waals surface area contributed by atoms with Gasteiger partial charge in [-0.05, 0) is 80.8 Å². The van der Waals surface area contributed by atoms with Crippen molar-refractivity contribution >= 4 is 0 Å². The van der Waals surface area contributed by atoms with Crippen molar-refractivity contribution in [3.8, 4) is 56.4 Å². The van der Waals surface area contributed by atoms with Crippen LogP contribution < -0.4 is 0 Å². The van der Waals surface area contributed by atoms with E-state index in [4.69, 9.17) is 15.0 Å². The van der Waals surface area contributed by atoms with Crippen LogP contribution in [0.2, 0.25) is 0 Å². The van der Waals surface area contributed by atoms with Crippen LogP contribution in [0.3, 0.4) is 0 Å². The zero-order valence-corrected chi connectivity index (χ0v) is 28.0. The Kier molecular flexibility index (Phi) is 6.81. The highest BCUT2D eigenvalue weighted by atomic mass is 15.0. The molecule has 4 heteroatoms. The molecule has 3 aliphatic carbocycles. The Morgan fingerprint density at radius 1 is 0.333 bits per heavy atom.